The molecule has 2 aromatic rings. The van der Waals surface area contributed by atoms with Gasteiger partial charge in [0, 0.05) is 38.7 Å². The Morgan fingerprint density at radius 2 is 2.33 bits per heavy atom. The predicted octanol–water partition coefficient (Wildman–Crippen LogP) is 1.80. The van der Waals surface area contributed by atoms with Crippen LogP contribution in [0.2, 0.25) is 0 Å². The third kappa shape index (κ3) is 2.04. The number of benzene rings is 1. The Bertz CT molecular complexity index is 574. The van der Waals surface area contributed by atoms with Crippen molar-refractivity contribution in [1.82, 2.24) is 14.9 Å². The molecule has 1 aliphatic rings. The molecule has 2 heterocycles. The van der Waals surface area contributed by atoms with Crippen LogP contribution in [0.5, 0.6) is 0 Å². The average Bonchev–Trinajstić information content (AvgIpc) is 2.67. The van der Waals surface area contributed by atoms with Crippen molar-refractivity contribution < 1.29 is 4.39 Å². The van der Waals surface area contributed by atoms with Crippen LogP contribution in [0.25, 0.3) is 0 Å². The number of aromatic nitrogens is 2. The lowest BCUT2D eigenvalue weighted by molar-refractivity contribution is 0.610. The Morgan fingerprint density at radius 1 is 1.44 bits per heavy atom. The molecule has 0 fully saturated rings. The van der Waals surface area contributed by atoms with Gasteiger partial charge in [-0.1, -0.05) is 12.1 Å². The summed E-state index contributed by atoms with van der Waals surface area (Å²) in [5.74, 6) is 0.822. The smallest absolute Gasteiger partial charge is 0.123 e. The Hall–Kier alpha value is -1.68. The number of hydrogen-bond donors (Lipinski definition) is 1. The zero-order chi connectivity index (χ0) is 12.5. The highest BCUT2D eigenvalue weighted by molar-refractivity contribution is 5.25. The van der Waals surface area contributed by atoms with Gasteiger partial charge in [-0.15, -0.1) is 0 Å². The Balaban J connectivity index is 1.91. The van der Waals surface area contributed by atoms with Crippen LogP contribution in [-0.2, 0) is 26.4 Å². The highest BCUT2D eigenvalue weighted by Crippen LogP contribution is 2.17. The van der Waals surface area contributed by atoms with Crippen LogP contribution in [0.4, 0.5) is 4.39 Å². The molecule has 0 saturated carbocycles. The fourth-order valence-corrected chi connectivity index (χ4v) is 2.50. The zero-order valence-electron chi connectivity index (χ0n) is 10.4. The minimum Gasteiger partial charge on any atom is -0.334 e. The molecule has 18 heavy (non-hydrogen) atoms. The van der Waals surface area contributed by atoms with Crippen LogP contribution in [-0.4, -0.2) is 16.1 Å². The lowest BCUT2D eigenvalue weighted by atomic mass is 10.1. The monoisotopic (exact) mass is 245 g/mol. The molecule has 0 unspecified atom stereocenters. The Labute approximate surface area is 106 Å². The van der Waals surface area contributed by atoms with Gasteiger partial charge in [0.1, 0.15) is 11.6 Å². The molecule has 94 valence electrons. The summed E-state index contributed by atoms with van der Waals surface area (Å²) >= 11 is 0. The molecule has 3 rings (SSSR count). The molecule has 4 heteroatoms. The molecule has 1 aromatic carbocycles. The molecule has 0 atom stereocenters. The van der Waals surface area contributed by atoms with Crippen molar-refractivity contribution in [2.45, 2.75) is 19.4 Å². The summed E-state index contributed by atoms with van der Waals surface area (Å²) in [6.45, 7) is 1.85. The standard InChI is InChI=1S/C14H16FN3/c1-18-13-5-6-16-9-12(13)17-14(18)8-10-3-2-4-11(15)7-10/h2-4,7,16H,5-6,8-9H2,1H3. The van der Waals surface area contributed by atoms with E-state index in [4.69, 9.17) is 0 Å². The first-order valence-electron chi connectivity index (χ1n) is 6.22. The van der Waals surface area contributed by atoms with Crippen LogP contribution in [0.1, 0.15) is 22.8 Å². The van der Waals surface area contributed by atoms with Gasteiger partial charge in [-0.3, -0.25) is 0 Å². The van der Waals surface area contributed by atoms with Gasteiger partial charge >= 0.3 is 0 Å². The van der Waals surface area contributed by atoms with Gasteiger partial charge < -0.3 is 9.88 Å². The average molecular weight is 245 g/mol. The summed E-state index contributed by atoms with van der Waals surface area (Å²) in [6.07, 6.45) is 1.70. The number of fused-ring (bicyclic) bond motifs is 1. The first kappa shape index (κ1) is 11.4. The SMILES string of the molecule is Cn1c(Cc2cccc(F)c2)nc2c1CCNC2. The van der Waals surface area contributed by atoms with E-state index in [0.29, 0.717) is 6.42 Å². The fraction of sp³-hybridized carbons (Fsp3) is 0.357. The summed E-state index contributed by atoms with van der Waals surface area (Å²) in [5.41, 5.74) is 3.41. The number of nitrogens with zero attached hydrogens (tertiary/aromatic N) is 2. The summed E-state index contributed by atoms with van der Waals surface area (Å²) in [6, 6.07) is 6.73. The van der Waals surface area contributed by atoms with Crippen molar-refractivity contribution in [1.29, 1.82) is 0 Å². The highest BCUT2D eigenvalue weighted by atomic mass is 19.1. The topological polar surface area (TPSA) is 29.9 Å². The predicted molar refractivity (Wildman–Crippen MR) is 67.8 cm³/mol. The van der Waals surface area contributed by atoms with Crippen LogP contribution in [0.15, 0.2) is 24.3 Å². The van der Waals surface area contributed by atoms with Gasteiger partial charge in [0.05, 0.1) is 5.69 Å². The first-order chi connectivity index (χ1) is 8.74. The number of nitrogens with one attached hydrogen (secondary N) is 1. The van der Waals surface area contributed by atoms with E-state index >= 15 is 0 Å². The van der Waals surface area contributed by atoms with Crippen molar-refractivity contribution in [2.24, 2.45) is 7.05 Å². The van der Waals surface area contributed by atoms with Gasteiger partial charge in [-0.2, -0.15) is 0 Å². The van der Waals surface area contributed by atoms with E-state index in [1.807, 2.05) is 13.1 Å². The van der Waals surface area contributed by atoms with Crippen LogP contribution in [0.3, 0.4) is 0 Å². The van der Waals surface area contributed by atoms with Crippen LogP contribution >= 0.6 is 0 Å². The summed E-state index contributed by atoms with van der Waals surface area (Å²) in [4.78, 5) is 4.65. The van der Waals surface area contributed by atoms with E-state index < -0.39 is 0 Å². The minimum absolute atomic E-state index is 0.187. The lowest BCUT2D eigenvalue weighted by Gasteiger charge is -2.13. The minimum atomic E-state index is -0.187. The van der Waals surface area contributed by atoms with E-state index in [1.165, 1.54) is 11.8 Å². The van der Waals surface area contributed by atoms with Crippen molar-refractivity contribution in [3.63, 3.8) is 0 Å². The van der Waals surface area contributed by atoms with Crippen molar-refractivity contribution in [3.05, 3.63) is 52.9 Å². The van der Waals surface area contributed by atoms with Gasteiger partial charge in [0.25, 0.3) is 0 Å². The molecule has 0 bridgehead atoms. The normalized spacial score (nSPS) is 14.6. The van der Waals surface area contributed by atoms with Crippen molar-refractivity contribution >= 4 is 0 Å². The van der Waals surface area contributed by atoms with E-state index in [-0.39, 0.29) is 5.82 Å². The van der Waals surface area contributed by atoms with E-state index in [1.54, 1.807) is 12.1 Å². The maximum atomic E-state index is 13.2. The second kappa shape index (κ2) is 4.53. The van der Waals surface area contributed by atoms with Gasteiger partial charge in [0.2, 0.25) is 0 Å². The summed E-state index contributed by atoms with van der Waals surface area (Å²) in [7, 11) is 2.05. The van der Waals surface area contributed by atoms with Crippen molar-refractivity contribution in [2.75, 3.05) is 6.54 Å². The molecule has 0 radical (unpaired) electrons. The first-order valence-corrected chi connectivity index (χ1v) is 6.22. The fourth-order valence-electron chi connectivity index (χ4n) is 2.50. The molecular weight excluding hydrogens is 229 g/mol. The molecule has 0 aliphatic carbocycles. The van der Waals surface area contributed by atoms with Crippen LogP contribution < -0.4 is 5.32 Å². The number of rotatable bonds is 2. The quantitative estimate of drug-likeness (QED) is 0.874. The van der Waals surface area contributed by atoms with E-state index in [0.717, 1.165) is 36.6 Å². The van der Waals surface area contributed by atoms with Gasteiger partial charge in [-0.25, -0.2) is 9.37 Å². The Kier molecular flexibility index (Phi) is 2.88. The summed E-state index contributed by atoms with van der Waals surface area (Å²) < 4.78 is 15.3. The number of imidazole rings is 1. The highest BCUT2D eigenvalue weighted by Gasteiger charge is 2.17. The molecule has 0 amide bonds. The second-order valence-corrected chi connectivity index (χ2v) is 4.71. The third-order valence-electron chi connectivity index (χ3n) is 3.47. The van der Waals surface area contributed by atoms with E-state index in [2.05, 4.69) is 14.9 Å². The lowest BCUT2D eigenvalue weighted by Crippen LogP contribution is -2.24. The van der Waals surface area contributed by atoms with E-state index in [9.17, 15) is 4.39 Å². The second-order valence-electron chi connectivity index (χ2n) is 4.71. The molecule has 1 N–H and O–H groups in total. The van der Waals surface area contributed by atoms with Crippen molar-refractivity contribution in [3.8, 4) is 0 Å². The van der Waals surface area contributed by atoms with Gasteiger partial charge in [0.15, 0.2) is 0 Å². The molecule has 0 spiro atoms. The molecular formula is C14H16FN3. The summed E-state index contributed by atoms with van der Waals surface area (Å²) in [5, 5.41) is 3.32. The maximum absolute atomic E-state index is 13.2. The number of halogens is 1. The zero-order valence-corrected chi connectivity index (χ0v) is 10.4. The molecule has 1 aromatic heterocycles. The van der Waals surface area contributed by atoms with Gasteiger partial charge in [-0.05, 0) is 17.7 Å². The third-order valence-corrected chi connectivity index (χ3v) is 3.47. The molecule has 0 saturated heterocycles. The van der Waals surface area contributed by atoms with Crippen LogP contribution in [0, 0.1) is 5.82 Å². The maximum Gasteiger partial charge on any atom is 0.123 e. The molecule has 1 aliphatic heterocycles. The largest absolute Gasteiger partial charge is 0.334 e. The molecule has 3 nitrogen and oxygen atoms in total. The number of hydrogen-bond acceptors (Lipinski definition) is 2. The Morgan fingerprint density at radius 3 is 3.11 bits per heavy atom.